The largest absolute Gasteiger partial charge is 0.507 e. The second-order valence-corrected chi connectivity index (χ2v) is 5.22. The van der Waals surface area contributed by atoms with Crippen LogP contribution >= 0.6 is 0 Å². The number of ketones is 2. The smallest absolute Gasteiger partial charge is 0.201 e. The fraction of sp³-hybridized carbons (Fsp3) is 0.111. The molecule has 0 radical (unpaired) electrons. The van der Waals surface area contributed by atoms with E-state index in [9.17, 15) is 19.8 Å². The molecule has 0 unspecified atom stereocenters. The number of rotatable bonds is 2. The minimum atomic E-state index is -0.604. The second kappa shape index (κ2) is 5.18. The number of terminal acetylenes is 1. The average Bonchev–Trinajstić information content (AvgIpc) is 2.49. The Hall–Kier alpha value is -3.26. The van der Waals surface area contributed by atoms with E-state index in [2.05, 4.69) is 5.92 Å². The average molecular weight is 308 g/mol. The van der Waals surface area contributed by atoms with E-state index in [4.69, 9.17) is 11.2 Å². The van der Waals surface area contributed by atoms with Gasteiger partial charge < -0.3 is 14.9 Å². The van der Waals surface area contributed by atoms with Crippen molar-refractivity contribution in [3.05, 3.63) is 52.1 Å². The van der Waals surface area contributed by atoms with Crippen molar-refractivity contribution in [2.45, 2.75) is 6.92 Å². The van der Waals surface area contributed by atoms with Gasteiger partial charge in [-0.1, -0.05) is 5.92 Å². The Morgan fingerprint density at radius 2 is 1.61 bits per heavy atom. The van der Waals surface area contributed by atoms with Crippen molar-refractivity contribution in [2.75, 3.05) is 6.61 Å². The first kappa shape index (κ1) is 14.7. The van der Waals surface area contributed by atoms with Crippen LogP contribution < -0.4 is 4.74 Å². The maximum Gasteiger partial charge on any atom is 0.201 e. The molecule has 0 spiro atoms. The number of aromatic hydroxyl groups is 2. The normalized spacial score (nSPS) is 12.3. The van der Waals surface area contributed by atoms with Crippen LogP contribution in [-0.2, 0) is 0 Å². The van der Waals surface area contributed by atoms with Gasteiger partial charge in [0.1, 0.15) is 23.9 Å². The molecule has 0 saturated carbocycles. The number of hydrogen-bond donors (Lipinski definition) is 2. The van der Waals surface area contributed by atoms with Gasteiger partial charge in [-0.15, -0.1) is 6.42 Å². The maximum absolute atomic E-state index is 12.7. The Morgan fingerprint density at radius 1 is 1.00 bits per heavy atom. The maximum atomic E-state index is 12.7. The number of phenolic OH excluding ortho intramolecular Hbond substituents is 2. The highest BCUT2D eigenvalue weighted by atomic mass is 16.5. The zero-order chi connectivity index (χ0) is 16.7. The van der Waals surface area contributed by atoms with Gasteiger partial charge in [0.2, 0.25) is 5.78 Å². The first-order chi connectivity index (χ1) is 10.9. The molecule has 5 nitrogen and oxygen atoms in total. The van der Waals surface area contributed by atoms with E-state index in [1.165, 1.54) is 24.3 Å². The number of fused-ring (bicyclic) bond motifs is 2. The summed E-state index contributed by atoms with van der Waals surface area (Å²) in [6.07, 6.45) is 5.11. The first-order valence-corrected chi connectivity index (χ1v) is 6.80. The van der Waals surface area contributed by atoms with Crippen LogP contribution in [0.2, 0.25) is 0 Å². The highest BCUT2D eigenvalue weighted by Crippen LogP contribution is 2.39. The number of benzene rings is 2. The number of phenols is 2. The molecule has 2 aromatic rings. The van der Waals surface area contributed by atoms with E-state index in [1.54, 1.807) is 6.92 Å². The summed E-state index contributed by atoms with van der Waals surface area (Å²) in [5, 5.41) is 20.1. The number of carbonyl (C=O) groups excluding carboxylic acids is 2. The Morgan fingerprint density at radius 3 is 2.26 bits per heavy atom. The molecule has 0 aromatic heterocycles. The number of ether oxygens (including phenoxy) is 1. The third-order valence-corrected chi connectivity index (χ3v) is 3.62. The quantitative estimate of drug-likeness (QED) is 0.709. The summed E-state index contributed by atoms with van der Waals surface area (Å²) in [6, 6.07) is 5.52. The Labute approximate surface area is 132 Å². The fourth-order valence-corrected chi connectivity index (χ4v) is 2.68. The van der Waals surface area contributed by atoms with Crippen LogP contribution in [-0.4, -0.2) is 28.4 Å². The fourth-order valence-electron chi connectivity index (χ4n) is 2.68. The molecule has 0 saturated heterocycles. The Bertz CT molecular complexity index is 903. The molecule has 5 heteroatoms. The van der Waals surface area contributed by atoms with Gasteiger partial charge in [-0.25, -0.2) is 0 Å². The van der Waals surface area contributed by atoms with Crippen molar-refractivity contribution in [1.29, 1.82) is 0 Å². The Kier molecular flexibility index (Phi) is 3.30. The predicted octanol–water partition coefficient (Wildman–Crippen LogP) is 2.19. The first-order valence-electron chi connectivity index (χ1n) is 6.80. The third-order valence-electron chi connectivity index (χ3n) is 3.62. The molecular formula is C18H12O5. The monoisotopic (exact) mass is 308 g/mol. The van der Waals surface area contributed by atoms with Gasteiger partial charge in [-0.3, -0.25) is 9.59 Å². The lowest BCUT2D eigenvalue weighted by Crippen LogP contribution is -2.21. The summed E-state index contributed by atoms with van der Waals surface area (Å²) in [5.41, 5.74) is 0.540. The molecule has 0 heterocycles. The lowest BCUT2D eigenvalue weighted by atomic mass is 9.82. The highest BCUT2D eigenvalue weighted by molar-refractivity contribution is 6.30. The lowest BCUT2D eigenvalue weighted by Gasteiger charge is -2.20. The van der Waals surface area contributed by atoms with E-state index in [1.807, 2.05) is 0 Å². The topological polar surface area (TPSA) is 83.8 Å². The number of hydrogen-bond acceptors (Lipinski definition) is 5. The van der Waals surface area contributed by atoms with Crippen LogP contribution in [0, 0.1) is 19.3 Å². The predicted molar refractivity (Wildman–Crippen MR) is 82.1 cm³/mol. The molecule has 3 rings (SSSR count). The number of aryl methyl sites for hydroxylation is 1. The van der Waals surface area contributed by atoms with E-state index >= 15 is 0 Å². The third kappa shape index (κ3) is 2.21. The van der Waals surface area contributed by atoms with E-state index in [0.717, 1.165) is 0 Å². The molecule has 114 valence electrons. The van der Waals surface area contributed by atoms with Crippen molar-refractivity contribution < 1.29 is 24.5 Å². The molecule has 0 fully saturated rings. The van der Waals surface area contributed by atoms with Gasteiger partial charge in [-0.2, -0.15) is 0 Å². The zero-order valence-electron chi connectivity index (χ0n) is 12.2. The van der Waals surface area contributed by atoms with Crippen molar-refractivity contribution in [2.24, 2.45) is 0 Å². The molecule has 23 heavy (non-hydrogen) atoms. The highest BCUT2D eigenvalue weighted by Gasteiger charge is 2.35. The van der Waals surface area contributed by atoms with Gasteiger partial charge in [-0.05, 0) is 30.7 Å². The standard InChI is InChI=1S/C18H12O5/c1-3-4-23-10-7-12-16(14(20)8-10)18(22)15-11(17(12)21)5-9(2)6-13(15)19/h1,5-8,19-20H,4H2,2H3. The van der Waals surface area contributed by atoms with Crippen LogP contribution in [0.3, 0.4) is 0 Å². The van der Waals surface area contributed by atoms with E-state index < -0.39 is 17.3 Å². The van der Waals surface area contributed by atoms with Crippen LogP contribution in [0.5, 0.6) is 17.2 Å². The van der Waals surface area contributed by atoms with Crippen molar-refractivity contribution >= 4 is 11.6 Å². The summed E-state index contributed by atoms with van der Waals surface area (Å²) >= 11 is 0. The van der Waals surface area contributed by atoms with Gasteiger partial charge in [0.05, 0.1) is 11.1 Å². The zero-order valence-corrected chi connectivity index (χ0v) is 12.2. The van der Waals surface area contributed by atoms with Crippen molar-refractivity contribution in [1.82, 2.24) is 0 Å². The van der Waals surface area contributed by atoms with Gasteiger partial charge in [0.25, 0.3) is 0 Å². The minimum absolute atomic E-state index is 0.0273. The minimum Gasteiger partial charge on any atom is -0.507 e. The molecule has 0 amide bonds. The second-order valence-electron chi connectivity index (χ2n) is 5.22. The molecular weight excluding hydrogens is 296 g/mol. The lowest BCUT2D eigenvalue weighted by molar-refractivity contribution is 0.0974. The van der Waals surface area contributed by atoms with E-state index in [0.29, 0.717) is 5.56 Å². The molecule has 1 aliphatic rings. The van der Waals surface area contributed by atoms with Crippen LogP contribution in [0.4, 0.5) is 0 Å². The molecule has 2 N–H and O–H groups in total. The van der Waals surface area contributed by atoms with Crippen LogP contribution in [0.1, 0.15) is 37.4 Å². The Balaban J connectivity index is 2.23. The van der Waals surface area contributed by atoms with Crippen LogP contribution in [0.15, 0.2) is 24.3 Å². The van der Waals surface area contributed by atoms with Crippen LogP contribution in [0.25, 0.3) is 0 Å². The summed E-state index contributed by atoms with van der Waals surface area (Å²) in [5.74, 6) is 0.734. The van der Waals surface area contributed by atoms with Crippen molar-refractivity contribution in [3.63, 3.8) is 0 Å². The summed E-state index contributed by atoms with van der Waals surface area (Å²) in [4.78, 5) is 25.3. The molecule has 2 aromatic carbocycles. The van der Waals surface area contributed by atoms with Gasteiger partial charge in [0.15, 0.2) is 5.78 Å². The molecule has 0 atom stereocenters. The molecule has 0 bridgehead atoms. The summed E-state index contributed by atoms with van der Waals surface area (Å²) in [6.45, 7) is 1.67. The number of carbonyl (C=O) groups is 2. The SMILES string of the molecule is C#CCOc1cc(O)c2c(c1)C(=O)c1cc(C)cc(O)c1C2=O. The molecule has 0 aliphatic heterocycles. The summed E-state index contributed by atoms with van der Waals surface area (Å²) in [7, 11) is 0. The van der Waals surface area contributed by atoms with E-state index in [-0.39, 0.29) is 40.4 Å². The van der Waals surface area contributed by atoms with Gasteiger partial charge in [0, 0.05) is 17.2 Å². The van der Waals surface area contributed by atoms with Gasteiger partial charge >= 0.3 is 0 Å². The summed E-state index contributed by atoms with van der Waals surface area (Å²) < 4.78 is 5.21. The molecule has 1 aliphatic carbocycles. The van der Waals surface area contributed by atoms with Crippen molar-refractivity contribution in [3.8, 4) is 29.6 Å².